The van der Waals surface area contributed by atoms with Crippen LogP contribution in [0.5, 0.6) is 0 Å². The lowest BCUT2D eigenvalue weighted by atomic mass is 9.79. The molecule has 0 saturated carbocycles. The molecule has 0 aromatic heterocycles. The van der Waals surface area contributed by atoms with E-state index in [1.807, 2.05) is 19.6 Å². The summed E-state index contributed by atoms with van der Waals surface area (Å²) < 4.78 is 40.8. The Kier molecular flexibility index (Phi) is 9.71. The molecule has 1 fully saturated rings. The number of fused-ring (bicyclic) bond motifs is 1. The number of hydrogen-bond acceptors (Lipinski definition) is 9. The first kappa shape index (κ1) is 34.0. The SMILES string of the molecule is CCN(CC)C(=O)c1ccccc1S(=O)(=O)C1=C(C(=O)OCc2ccc([N+](=O)[O-])cc2)N2C(=O)C(C(C)O[Si](C)(C)C)[C@@H]2C1C. The molecule has 1 saturated heterocycles. The number of nitro benzene ring substituents is 1. The summed E-state index contributed by atoms with van der Waals surface area (Å²) in [4.78, 5) is 53.4. The number of non-ortho nitro benzene ring substituents is 1. The number of carbonyl (C=O) groups excluding carboxylic acids is 3. The molecule has 0 radical (unpaired) electrons. The minimum absolute atomic E-state index is 0.0351. The van der Waals surface area contributed by atoms with Crippen LogP contribution < -0.4 is 0 Å². The van der Waals surface area contributed by atoms with Crippen LogP contribution >= 0.6 is 0 Å². The molecule has 4 rings (SSSR count). The molecule has 3 unspecified atom stereocenters. The molecule has 2 aromatic rings. The maximum atomic E-state index is 14.5. The summed E-state index contributed by atoms with van der Waals surface area (Å²) in [7, 11) is -6.59. The van der Waals surface area contributed by atoms with E-state index in [0.717, 1.165) is 0 Å². The highest BCUT2D eigenvalue weighted by molar-refractivity contribution is 7.95. The van der Waals surface area contributed by atoms with Gasteiger partial charge in [-0.25, -0.2) is 13.2 Å². The number of carbonyl (C=O) groups is 3. The van der Waals surface area contributed by atoms with E-state index in [1.165, 1.54) is 52.3 Å². The fraction of sp³-hybridized carbons (Fsp3) is 0.452. The first-order chi connectivity index (χ1) is 21.0. The zero-order valence-electron chi connectivity index (χ0n) is 26.5. The summed E-state index contributed by atoms with van der Waals surface area (Å²) in [5.74, 6) is -3.45. The van der Waals surface area contributed by atoms with Crippen molar-refractivity contribution in [1.82, 2.24) is 9.80 Å². The highest BCUT2D eigenvalue weighted by atomic mass is 32.2. The fourth-order valence-corrected chi connectivity index (χ4v) is 9.37. The topological polar surface area (TPSA) is 153 Å². The summed E-state index contributed by atoms with van der Waals surface area (Å²) in [5.41, 5.74) is -0.131. The molecule has 2 aliphatic rings. The largest absolute Gasteiger partial charge is 0.456 e. The molecule has 12 nitrogen and oxygen atoms in total. The van der Waals surface area contributed by atoms with Gasteiger partial charge in [0.1, 0.15) is 12.3 Å². The first-order valence-corrected chi connectivity index (χ1v) is 19.7. The number of benzene rings is 2. The fourth-order valence-electron chi connectivity index (χ4n) is 6.10. The molecule has 0 spiro atoms. The smallest absolute Gasteiger partial charge is 0.356 e. The van der Waals surface area contributed by atoms with Gasteiger partial charge < -0.3 is 19.0 Å². The van der Waals surface area contributed by atoms with Crippen molar-refractivity contribution in [3.63, 3.8) is 0 Å². The predicted molar refractivity (Wildman–Crippen MR) is 168 cm³/mol. The van der Waals surface area contributed by atoms with Crippen molar-refractivity contribution >= 4 is 41.6 Å². The molecule has 4 atom stereocenters. The Hall–Kier alpha value is -3.88. The Morgan fingerprint density at radius 3 is 2.22 bits per heavy atom. The van der Waals surface area contributed by atoms with Crippen molar-refractivity contribution in [3.8, 4) is 0 Å². The molecule has 0 bridgehead atoms. The van der Waals surface area contributed by atoms with E-state index < -0.39 is 64.8 Å². The third-order valence-electron chi connectivity index (χ3n) is 8.09. The number of amides is 2. The van der Waals surface area contributed by atoms with E-state index in [0.29, 0.717) is 18.7 Å². The Balaban J connectivity index is 1.79. The van der Waals surface area contributed by atoms with E-state index in [2.05, 4.69) is 0 Å². The van der Waals surface area contributed by atoms with E-state index in [4.69, 9.17) is 9.16 Å². The van der Waals surface area contributed by atoms with Crippen LogP contribution in [0.25, 0.3) is 0 Å². The number of hydrogen-bond donors (Lipinski definition) is 0. The molecule has 0 N–H and O–H groups in total. The van der Waals surface area contributed by atoms with Crippen LogP contribution in [0.15, 0.2) is 64.0 Å². The van der Waals surface area contributed by atoms with Gasteiger partial charge in [-0.1, -0.05) is 19.1 Å². The van der Waals surface area contributed by atoms with Crippen molar-refractivity contribution in [2.45, 2.75) is 71.0 Å². The van der Waals surface area contributed by atoms with Gasteiger partial charge in [0.25, 0.3) is 11.6 Å². The van der Waals surface area contributed by atoms with Crippen molar-refractivity contribution in [3.05, 3.63) is 80.4 Å². The second-order valence-corrected chi connectivity index (χ2v) is 18.5. The van der Waals surface area contributed by atoms with Gasteiger partial charge in [0, 0.05) is 31.1 Å². The van der Waals surface area contributed by atoms with Gasteiger partial charge in [0.2, 0.25) is 15.7 Å². The summed E-state index contributed by atoms with van der Waals surface area (Å²) in [6.45, 7) is 13.4. The highest BCUT2D eigenvalue weighted by Crippen LogP contribution is 2.51. The third kappa shape index (κ3) is 6.44. The predicted octanol–water partition coefficient (Wildman–Crippen LogP) is 4.52. The summed E-state index contributed by atoms with van der Waals surface area (Å²) in [6.07, 6.45) is -0.524. The van der Waals surface area contributed by atoms with Gasteiger partial charge >= 0.3 is 5.97 Å². The van der Waals surface area contributed by atoms with E-state index in [1.54, 1.807) is 33.8 Å². The van der Waals surface area contributed by atoms with Crippen molar-refractivity contribution in [1.29, 1.82) is 0 Å². The molecule has 45 heavy (non-hydrogen) atoms. The van der Waals surface area contributed by atoms with Gasteiger partial charge in [-0.15, -0.1) is 0 Å². The zero-order chi connectivity index (χ0) is 33.4. The average Bonchev–Trinajstić information content (AvgIpc) is 3.24. The molecule has 2 amide bonds. The average molecular weight is 658 g/mol. The number of esters is 1. The van der Waals surface area contributed by atoms with Gasteiger partial charge in [-0.2, -0.15) is 0 Å². The normalized spacial score (nSPS) is 20.4. The van der Waals surface area contributed by atoms with Crippen molar-refractivity contribution in [2.75, 3.05) is 13.1 Å². The van der Waals surface area contributed by atoms with E-state index in [9.17, 15) is 32.9 Å². The molecular weight excluding hydrogens is 619 g/mol. The third-order valence-corrected chi connectivity index (χ3v) is 11.2. The van der Waals surface area contributed by atoms with Gasteiger partial charge in [-0.3, -0.25) is 19.7 Å². The molecule has 2 aliphatic heterocycles. The molecule has 2 heterocycles. The second kappa shape index (κ2) is 12.8. The Labute approximate surface area is 264 Å². The second-order valence-electron chi connectivity index (χ2n) is 12.1. The lowest BCUT2D eigenvalue weighted by molar-refractivity contribution is -0.384. The van der Waals surface area contributed by atoms with Crippen LogP contribution in [0.3, 0.4) is 0 Å². The van der Waals surface area contributed by atoms with Crippen molar-refractivity contribution < 1.29 is 36.9 Å². The summed E-state index contributed by atoms with van der Waals surface area (Å²) in [6, 6.07) is 10.5. The quantitative estimate of drug-likeness (QED) is 0.105. The Morgan fingerprint density at radius 2 is 1.67 bits per heavy atom. The molecular formula is C31H39N3O9SSi. The van der Waals surface area contributed by atoms with E-state index in [-0.39, 0.29) is 33.4 Å². The number of sulfone groups is 1. The number of ether oxygens (including phenoxy) is 1. The van der Waals surface area contributed by atoms with Crippen LogP contribution in [-0.2, 0) is 35.2 Å². The number of rotatable bonds is 12. The van der Waals surface area contributed by atoms with Gasteiger partial charge in [-0.05, 0) is 70.2 Å². The minimum Gasteiger partial charge on any atom is -0.456 e. The molecule has 242 valence electrons. The Bertz CT molecular complexity index is 1650. The van der Waals surface area contributed by atoms with Crippen LogP contribution in [0, 0.1) is 22.0 Å². The van der Waals surface area contributed by atoms with Crippen LogP contribution in [0.2, 0.25) is 19.6 Å². The molecule has 2 aromatic carbocycles. The zero-order valence-corrected chi connectivity index (χ0v) is 28.3. The maximum Gasteiger partial charge on any atom is 0.356 e. The highest BCUT2D eigenvalue weighted by Gasteiger charge is 2.63. The number of β-lactam (4-membered cyclic amide) rings is 1. The maximum absolute atomic E-state index is 14.5. The molecule has 14 heteroatoms. The van der Waals surface area contributed by atoms with Crippen LogP contribution in [-0.4, -0.2) is 74.5 Å². The lowest BCUT2D eigenvalue weighted by Crippen LogP contribution is -2.64. The van der Waals surface area contributed by atoms with Gasteiger partial charge in [0.05, 0.1) is 38.4 Å². The van der Waals surface area contributed by atoms with E-state index >= 15 is 0 Å². The number of nitrogens with zero attached hydrogens (tertiary/aromatic N) is 3. The van der Waals surface area contributed by atoms with Crippen LogP contribution in [0.1, 0.15) is 43.6 Å². The lowest BCUT2D eigenvalue weighted by Gasteiger charge is -2.48. The molecule has 0 aliphatic carbocycles. The minimum atomic E-state index is -4.51. The standard InChI is InChI=1S/C31H39N3O9SSi/c1-8-32(9-2)29(35)23-12-10-11-13-24(23)44(40,41)28-19(3)26-25(20(4)43-45(5,6)7)30(36)33(26)27(28)31(37)42-18-21-14-16-22(17-15-21)34(38)39/h10-17,19-20,25-26H,8-9,18H2,1-7H3/t19?,20?,25?,26-/m0/s1. The number of nitro groups is 1. The first-order valence-electron chi connectivity index (χ1n) is 14.8. The van der Waals surface area contributed by atoms with Crippen molar-refractivity contribution in [2.24, 2.45) is 11.8 Å². The summed E-state index contributed by atoms with van der Waals surface area (Å²) in [5, 5.41) is 11.0. The van der Waals surface area contributed by atoms with Gasteiger partial charge in [0.15, 0.2) is 8.32 Å². The monoisotopic (exact) mass is 657 g/mol. The van der Waals surface area contributed by atoms with Crippen LogP contribution in [0.4, 0.5) is 5.69 Å². The Morgan fingerprint density at radius 1 is 1.07 bits per heavy atom. The summed E-state index contributed by atoms with van der Waals surface area (Å²) >= 11 is 0.